The number of para-hydroxylation sites is 1. The molecule has 1 fully saturated rings. The van der Waals surface area contributed by atoms with E-state index in [1.807, 2.05) is 66.9 Å². The van der Waals surface area contributed by atoms with Crippen LogP contribution in [0.1, 0.15) is 24.8 Å². The summed E-state index contributed by atoms with van der Waals surface area (Å²) in [5, 5.41) is 7.57. The van der Waals surface area contributed by atoms with Crippen LogP contribution in [0, 0.1) is 0 Å². The number of aromatic nitrogens is 2. The van der Waals surface area contributed by atoms with Crippen molar-refractivity contribution in [3.05, 3.63) is 103 Å². The molecule has 7 heteroatoms. The second kappa shape index (κ2) is 10.2. The lowest BCUT2D eigenvalue weighted by molar-refractivity contribution is -0.129. The van der Waals surface area contributed by atoms with Gasteiger partial charge in [0.1, 0.15) is 0 Å². The molecule has 1 N–H and O–H groups in total. The Morgan fingerprint density at radius 3 is 2.11 bits per heavy atom. The van der Waals surface area contributed by atoms with Crippen molar-refractivity contribution in [2.45, 2.75) is 19.3 Å². The first-order chi connectivity index (χ1) is 17.6. The number of imide groups is 1. The summed E-state index contributed by atoms with van der Waals surface area (Å²) in [6.45, 7) is 0. The van der Waals surface area contributed by atoms with Gasteiger partial charge in [-0.3, -0.25) is 19.3 Å². The number of hydrogen-bond donors (Lipinski definition) is 1. The molecule has 36 heavy (non-hydrogen) atoms. The topological polar surface area (TPSA) is 84.3 Å². The molecular formula is C29H24N4O3. The number of amides is 3. The van der Waals surface area contributed by atoms with Crippen LogP contribution in [0.4, 0.5) is 11.4 Å². The van der Waals surface area contributed by atoms with Gasteiger partial charge in [-0.15, -0.1) is 0 Å². The van der Waals surface area contributed by atoms with Gasteiger partial charge < -0.3 is 5.32 Å². The average Bonchev–Trinajstić information content (AvgIpc) is 3.34. The van der Waals surface area contributed by atoms with E-state index in [4.69, 9.17) is 5.10 Å². The minimum atomic E-state index is -0.306. The van der Waals surface area contributed by atoms with E-state index >= 15 is 0 Å². The Morgan fingerprint density at radius 1 is 0.806 bits per heavy atom. The predicted molar refractivity (Wildman–Crippen MR) is 139 cm³/mol. The number of benzene rings is 3. The van der Waals surface area contributed by atoms with E-state index in [0.29, 0.717) is 30.6 Å². The lowest BCUT2D eigenvalue weighted by Gasteiger charge is -2.24. The molecule has 7 nitrogen and oxygen atoms in total. The summed E-state index contributed by atoms with van der Waals surface area (Å²) in [4.78, 5) is 38.1. The minimum absolute atomic E-state index is 0.198. The molecule has 3 amide bonds. The third-order valence-electron chi connectivity index (χ3n) is 5.90. The van der Waals surface area contributed by atoms with E-state index in [1.54, 1.807) is 35.0 Å². The maximum atomic E-state index is 12.7. The van der Waals surface area contributed by atoms with Gasteiger partial charge in [-0.05, 0) is 48.9 Å². The van der Waals surface area contributed by atoms with Gasteiger partial charge in [0.05, 0.1) is 17.1 Å². The number of hydrogen-bond acceptors (Lipinski definition) is 4. The molecule has 0 spiro atoms. The lowest BCUT2D eigenvalue weighted by atomic mass is 10.1. The molecule has 3 aromatic carbocycles. The van der Waals surface area contributed by atoms with Gasteiger partial charge in [-0.25, -0.2) is 4.68 Å². The van der Waals surface area contributed by atoms with Gasteiger partial charge in [-0.2, -0.15) is 5.10 Å². The zero-order chi connectivity index (χ0) is 24.9. The molecule has 0 bridgehead atoms. The fourth-order valence-corrected chi connectivity index (χ4v) is 4.13. The van der Waals surface area contributed by atoms with Crippen molar-refractivity contribution in [1.29, 1.82) is 0 Å². The van der Waals surface area contributed by atoms with E-state index in [1.165, 1.54) is 11.0 Å². The number of piperidine rings is 1. The summed E-state index contributed by atoms with van der Waals surface area (Å²) in [5.41, 5.74) is 4.52. The van der Waals surface area contributed by atoms with Gasteiger partial charge >= 0.3 is 0 Å². The molecule has 4 aromatic rings. The van der Waals surface area contributed by atoms with Crippen LogP contribution in [0.2, 0.25) is 0 Å². The summed E-state index contributed by atoms with van der Waals surface area (Å²) < 4.78 is 1.79. The number of nitrogens with zero attached hydrogens (tertiary/aromatic N) is 3. The van der Waals surface area contributed by atoms with Crippen molar-refractivity contribution in [3.8, 4) is 16.9 Å². The normalized spacial score (nSPS) is 13.8. The highest BCUT2D eigenvalue weighted by Crippen LogP contribution is 2.26. The van der Waals surface area contributed by atoms with Gasteiger partial charge in [0.25, 0.3) is 0 Å². The monoisotopic (exact) mass is 476 g/mol. The highest BCUT2D eigenvalue weighted by atomic mass is 16.2. The van der Waals surface area contributed by atoms with Crippen LogP contribution in [0.15, 0.2) is 97.2 Å². The molecule has 1 saturated heterocycles. The van der Waals surface area contributed by atoms with E-state index < -0.39 is 0 Å². The summed E-state index contributed by atoms with van der Waals surface area (Å²) in [7, 11) is 0. The van der Waals surface area contributed by atoms with Crippen molar-refractivity contribution >= 4 is 35.2 Å². The molecule has 0 unspecified atom stereocenters. The average molecular weight is 477 g/mol. The molecule has 178 valence electrons. The zero-order valence-electron chi connectivity index (χ0n) is 19.5. The SMILES string of the molecule is O=C(C=Cc1cn(-c2ccccc2)nc1-c1ccccc1)Nc1ccc(N2C(=O)CCCC2=O)cc1. The maximum Gasteiger partial charge on any atom is 0.248 e. The standard InChI is InChI=1S/C29H24N4O3/c34-26(30-23-15-17-25(18-16-23)33-27(35)12-7-13-28(33)36)19-14-22-20-32(24-10-5-2-6-11-24)31-29(22)21-8-3-1-4-9-21/h1-6,8-11,14-20H,7,12-13H2,(H,30,34). The van der Waals surface area contributed by atoms with Crippen molar-refractivity contribution in [3.63, 3.8) is 0 Å². The summed E-state index contributed by atoms with van der Waals surface area (Å²) in [6, 6.07) is 26.3. The Bertz CT molecular complexity index is 1410. The molecule has 0 aliphatic carbocycles. The van der Waals surface area contributed by atoms with Crippen molar-refractivity contribution in [2.75, 3.05) is 10.2 Å². The number of carbonyl (C=O) groups excluding carboxylic acids is 3. The number of anilines is 2. The smallest absolute Gasteiger partial charge is 0.248 e. The largest absolute Gasteiger partial charge is 0.323 e. The van der Waals surface area contributed by atoms with Crippen LogP contribution in [0.25, 0.3) is 23.0 Å². The van der Waals surface area contributed by atoms with E-state index in [9.17, 15) is 14.4 Å². The second-order valence-electron chi connectivity index (χ2n) is 8.43. The van der Waals surface area contributed by atoms with Crippen LogP contribution in [0.3, 0.4) is 0 Å². The van der Waals surface area contributed by atoms with Crippen molar-refractivity contribution in [2.24, 2.45) is 0 Å². The Kier molecular flexibility index (Phi) is 6.53. The van der Waals surface area contributed by atoms with Gasteiger partial charge in [0.2, 0.25) is 17.7 Å². The van der Waals surface area contributed by atoms with Crippen LogP contribution in [-0.4, -0.2) is 27.5 Å². The first-order valence-electron chi connectivity index (χ1n) is 11.7. The van der Waals surface area contributed by atoms with Gasteiger partial charge in [0, 0.05) is 41.9 Å². The first kappa shape index (κ1) is 23.0. The number of carbonyl (C=O) groups is 3. The molecule has 1 aliphatic rings. The number of nitrogens with one attached hydrogen (secondary N) is 1. The van der Waals surface area contributed by atoms with Crippen molar-refractivity contribution in [1.82, 2.24) is 9.78 Å². The molecule has 1 aromatic heterocycles. The molecule has 0 saturated carbocycles. The van der Waals surface area contributed by atoms with Gasteiger partial charge in [-0.1, -0.05) is 48.5 Å². The minimum Gasteiger partial charge on any atom is -0.323 e. The Balaban J connectivity index is 1.33. The highest BCUT2D eigenvalue weighted by molar-refractivity contribution is 6.16. The van der Waals surface area contributed by atoms with Gasteiger partial charge in [0.15, 0.2) is 0 Å². The molecule has 1 aliphatic heterocycles. The van der Waals surface area contributed by atoms with E-state index in [-0.39, 0.29) is 17.7 Å². The first-order valence-corrected chi connectivity index (χ1v) is 11.7. The molecule has 5 rings (SSSR count). The molecule has 0 atom stereocenters. The van der Waals surface area contributed by atoms with E-state index in [0.717, 1.165) is 22.5 Å². The fourth-order valence-electron chi connectivity index (χ4n) is 4.13. The third-order valence-corrected chi connectivity index (χ3v) is 5.90. The number of rotatable bonds is 6. The quantitative estimate of drug-likeness (QED) is 0.305. The Hall–Kier alpha value is -4.78. The molecular weight excluding hydrogens is 452 g/mol. The summed E-state index contributed by atoms with van der Waals surface area (Å²) in [5.74, 6) is -0.702. The van der Waals surface area contributed by atoms with Crippen molar-refractivity contribution < 1.29 is 14.4 Å². The van der Waals surface area contributed by atoms with Crippen LogP contribution in [0.5, 0.6) is 0 Å². The predicted octanol–water partition coefficient (Wildman–Crippen LogP) is 5.23. The Labute approximate surface area is 208 Å². The molecule has 2 heterocycles. The van der Waals surface area contributed by atoms with E-state index in [2.05, 4.69) is 5.32 Å². The van der Waals surface area contributed by atoms with Crippen LogP contribution in [-0.2, 0) is 14.4 Å². The second-order valence-corrected chi connectivity index (χ2v) is 8.43. The maximum absolute atomic E-state index is 12.7. The molecule has 0 radical (unpaired) electrons. The lowest BCUT2D eigenvalue weighted by Crippen LogP contribution is -2.40. The zero-order valence-corrected chi connectivity index (χ0v) is 19.5. The Morgan fingerprint density at radius 2 is 1.44 bits per heavy atom. The van der Waals surface area contributed by atoms with Crippen LogP contribution < -0.4 is 10.2 Å². The highest BCUT2D eigenvalue weighted by Gasteiger charge is 2.27. The fraction of sp³-hybridized carbons (Fsp3) is 0.103. The van der Waals surface area contributed by atoms with Crippen LogP contribution >= 0.6 is 0 Å². The summed E-state index contributed by atoms with van der Waals surface area (Å²) in [6.07, 6.45) is 6.41. The third kappa shape index (κ3) is 5.00. The summed E-state index contributed by atoms with van der Waals surface area (Å²) >= 11 is 0.